The number of carbonyl (C=O) groups excluding carboxylic acids is 2. The van der Waals surface area contributed by atoms with Gasteiger partial charge in [-0.05, 0) is 62.5 Å². The van der Waals surface area contributed by atoms with Gasteiger partial charge in [-0.2, -0.15) is 0 Å². The Hall–Kier alpha value is -2.70. The Bertz CT molecular complexity index is 980. The zero-order valence-corrected chi connectivity index (χ0v) is 23.5. The Balaban J connectivity index is 2.28. The van der Waals surface area contributed by atoms with Crippen LogP contribution in [0, 0.1) is 5.41 Å². The predicted molar refractivity (Wildman–Crippen MR) is 151 cm³/mol. The summed E-state index contributed by atoms with van der Waals surface area (Å²) in [6.07, 6.45) is 4.00. The molecule has 1 saturated carbocycles. The molecule has 2 atom stereocenters. The Morgan fingerprint density at radius 2 is 1.16 bits per heavy atom. The van der Waals surface area contributed by atoms with Gasteiger partial charge in [0, 0.05) is 0 Å². The first-order valence-corrected chi connectivity index (χ1v) is 14.3. The number of nitrogens with two attached hydrogens (primary N) is 1. The first-order chi connectivity index (χ1) is 18.1. The van der Waals surface area contributed by atoms with Crippen molar-refractivity contribution in [1.29, 1.82) is 0 Å². The fourth-order valence-electron chi connectivity index (χ4n) is 6.06. The molecule has 0 heterocycles. The monoisotopic (exact) mass is 522 g/mol. The van der Waals surface area contributed by atoms with Crippen molar-refractivity contribution < 1.29 is 19.8 Å². The molecule has 0 aromatic heterocycles. The minimum atomic E-state index is -1.31. The number of carbonyl (C=O) groups is 2. The molecule has 2 aromatic rings. The van der Waals surface area contributed by atoms with Crippen molar-refractivity contribution in [3.63, 3.8) is 0 Å². The lowest BCUT2D eigenvalue weighted by Crippen LogP contribution is -2.69. The van der Waals surface area contributed by atoms with Crippen LogP contribution in [0.3, 0.4) is 0 Å². The van der Waals surface area contributed by atoms with Gasteiger partial charge in [0.25, 0.3) is 0 Å². The summed E-state index contributed by atoms with van der Waals surface area (Å²) in [7, 11) is 0. The van der Waals surface area contributed by atoms with Crippen molar-refractivity contribution in [2.24, 2.45) is 11.1 Å². The predicted octanol–water partition coefficient (Wildman–Crippen LogP) is 4.80. The maximum atomic E-state index is 14.7. The molecule has 6 heteroatoms. The standard InChI is InChI=1S/C32H46N2O4/c1-5-31(37,6-2)26(22-24-16-11-9-12-17-24)34(29(36)30(28(33)35)20-15-21-30)27(32(38,7-3)8-4)23-25-18-13-10-14-19-25/h9-14,16-19,26-27,37-38H,5-8,15,20-23H2,1-4H3,(H2,33,35)/t26-,27-/m1/s1. The lowest BCUT2D eigenvalue weighted by atomic mass is 9.65. The zero-order valence-electron chi connectivity index (χ0n) is 23.5. The fourth-order valence-corrected chi connectivity index (χ4v) is 6.06. The van der Waals surface area contributed by atoms with E-state index >= 15 is 0 Å². The van der Waals surface area contributed by atoms with Gasteiger partial charge < -0.3 is 20.8 Å². The largest absolute Gasteiger partial charge is 0.388 e. The SMILES string of the molecule is CCC(O)(CC)[C@@H](Cc1ccccc1)N(C(=O)C1(C(N)=O)CCC1)[C@H](Cc1ccccc1)C(O)(CC)CC. The molecule has 4 N–H and O–H groups in total. The second-order valence-corrected chi connectivity index (χ2v) is 11.0. The van der Waals surface area contributed by atoms with E-state index in [0.717, 1.165) is 17.5 Å². The van der Waals surface area contributed by atoms with Gasteiger partial charge in [0.05, 0.1) is 23.3 Å². The molecule has 1 aliphatic carbocycles. The first kappa shape index (κ1) is 29.9. The number of rotatable bonds is 14. The van der Waals surface area contributed by atoms with Gasteiger partial charge in [-0.25, -0.2) is 0 Å². The Labute approximate surface area is 228 Å². The molecule has 0 radical (unpaired) electrons. The Morgan fingerprint density at radius 3 is 1.42 bits per heavy atom. The van der Waals surface area contributed by atoms with E-state index in [1.165, 1.54) is 0 Å². The van der Waals surface area contributed by atoms with Crippen molar-refractivity contribution in [3.8, 4) is 0 Å². The van der Waals surface area contributed by atoms with E-state index in [-0.39, 0.29) is 5.91 Å². The summed E-state index contributed by atoms with van der Waals surface area (Å²) in [5, 5.41) is 24.2. The van der Waals surface area contributed by atoms with Crippen LogP contribution in [0.5, 0.6) is 0 Å². The van der Waals surface area contributed by atoms with Crippen LogP contribution in [0.1, 0.15) is 83.8 Å². The van der Waals surface area contributed by atoms with Crippen molar-refractivity contribution >= 4 is 11.8 Å². The molecule has 0 unspecified atom stereocenters. The third-order valence-corrected chi connectivity index (χ3v) is 9.23. The number of primary amides is 1. The quantitative estimate of drug-likeness (QED) is 0.310. The summed E-state index contributed by atoms with van der Waals surface area (Å²) in [6, 6.07) is 18.3. The summed E-state index contributed by atoms with van der Waals surface area (Å²) in [5.41, 5.74) is 4.10. The van der Waals surface area contributed by atoms with Gasteiger partial charge in [-0.15, -0.1) is 0 Å². The molecule has 38 heavy (non-hydrogen) atoms. The van der Waals surface area contributed by atoms with Crippen LogP contribution in [0.2, 0.25) is 0 Å². The highest BCUT2D eigenvalue weighted by molar-refractivity contribution is 6.05. The zero-order chi connectivity index (χ0) is 28.0. The van der Waals surface area contributed by atoms with E-state index in [4.69, 9.17) is 5.73 Å². The average Bonchev–Trinajstić information content (AvgIpc) is 2.91. The lowest BCUT2D eigenvalue weighted by molar-refractivity contribution is -0.176. The highest BCUT2D eigenvalue weighted by Crippen LogP contribution is 2.46. The number of amides is 2. The van der Waals surface area contributed by atoms with Gasteiger partial charge in [0.15, 0.2) is 0 Å². The molecule has 3 rings (SSSR count). The smallest absolute Gasteiger partial charge is 0.238 e. The molecule has 0 bridgehead atoms. The Kier molecular flexibility index (Phi) is 9.77. The van der Waals surface area contributed by atoms with Crippen molar-refractivity contribution in [2.75, 3.05) is 0 Å². The summed E-state index contributed by atoms with van der Waals surface area (Å²) < 4.78 is 0. The minimum Gasteiger partial charge on any atom is -0.388 e. The molecule has 208 valence electrons. The van der Waals surface area contributed by atoms with Crippen molar-refractivity contribution in [1.82, 2.24) is 4.90 Å². The molecule has 0 spiro atoms. The van der Waals surface area contributed by atoms with Crippen LogP contribution >= 0.6 is 0 Å². The maximum Gasteiger partial charge on any atom is 0.238 e. The third-order valence-electron chi connectivity index (χ3n) is 9.23. The van der Waals surface area contributed by atoms with Crippen molar-refractivity contribution in [2.45, 2.75) is 109 Å². The van der Waals surface area contributed by atoms with E-state index in [1.54, 1.807) is 4.90 Å². The second kappa shape index (κ2) is 12.4. The van der Waals surface area contributed by atoms with Crippen LogP contribution in [0.25, 0.3) is 0 Å². The van der Waals surface area contributed by atoms with E-state index in [1.807, 2.05) is 88.4 Å². The van der Waals surface area contributed by atoms with Crippen LogP contribution in [-0.2, 0) is 22.4 Å². The van der Waals surface area contributed by atoms with Crippen LogP contribution in [0.4, 0.5) is 0 Å². The molecule has 1 fully saturated rings. The number of benzene rings is 2. The topological polar surface area (TPSA) is 104 Å². The molecular formula is C32H46N2O4. The first-order valence-electron chi connectivity index (χ1n) is 14.3. The van der Waals surface area contributed by atoms with E-state index in [2.05, 4.69) is 0 Å². The van der Waals surface area contributed by atoms with E-state index in [9.17, 15) is 19.8 Å². The molecule has 0 aliphatic heterocycles. The van der Waals surface area contributed by atoms with Gasteiger partial charge in [-0.3, -0.25) is 9.59 Å². The summed E-state index contributed by atoms with van der Waals surface area (Å²) >= 11 is 0. The average molecular weight is 523 g/mol. The molecule has 2 aromatic carbocycles. The molecule has 6 nitrogen and oxygen atoms in total. The molecule has 0 saturated heterocycles. The van der Waals surface area contributed by atoms with Gasteiger partial charge >= 0.3 is 0 Å². The summed E-state index contributed by atoms with van der Waals surface area (Å²) in [5.74, 6) is -0.984. The Morgan fingerprint density at radius 1 is 0.789 bits per heavy atom. The number of hydrogen-bond acceptors (Lipinski definition) is 4. The summed E-state index contributed by atoms with van der Waals surface area (Å²) in [6.45, 7) is 7.70. The highest BCUT2D eigenvalue weighted by atomic mass is 16.3. The third kappa shape index (κ3) is 5.81. The van der Waals surface area contributed by atoms with Crippen molar-refractivity contribution in [3.05, 3.63) is 71.8 Å². The molecule has 1 aliphatic rings. The minimum absolute atomic E-state index is 0.362. The van der Waals surface area contributed by atoms with E-state index in [0.29, 0.717) is 51.4 Å². The van der Waals surface area contributed by atoms with Gasteiger partial charge in [0.2, 0.25) is 11.8 Å². The maximum absolute atomic E-state index is 14.7. The summed E-state index contributed by atoms with van der Waals surface area (Å²) in [4.78, 5) is 29.3. The number of aliphatic hydroxyl groups is 2. The lowest BCUT2D eigenvalue weighted by Gasteiger charge is -2.54. The molecule has 2 amide bonds. The number of nitrogens with zero attached hydrogens (tertiary/aromatic N) is 1. The fraction of sp³-hybridized carbons (Fsp3) is 0.562. The van der Waals surface area contributed by atoms with Gasteiger partial charge in [-0.1, -0.05) is 94.8 Å². The molecular weight excluding hydrogens is 476 g/mol. The normalized spacial score (nSPS) is 16.8. The van der Waals surface area contributed by atoms with Crippen LogP contribution in [0.15, 0.2) is 60.7 Å². The van der Waals surface area contributed by atoms with Gasteiger partial charge in [0.1, 0.15) is 5.41 Å². The number of hydrogen-bond donors (Lipinski definition) is 3. The van der Waals surface area contributed by atoms with Crippen LogP contribution in [-0.4, -0.2) is 50.2 Å². The highest BCUT2D eigenvalue weighted by Gasteiger charge is 2.57. The van der Waals surface area contributed by atoms with E-state index < -0.39 is 34.6 Å². The van der Waals surface area contributed by atoms with Crippen LogP contribution < -0.4 is 5.73 Å². The second-order valence-electron chi connectivity index (χ2n) is 11.0.